The van der Waals surface area contributed by atoms with E-state index >= 15 is 0 Å². The summed E-state index contributed by atoms with van der Waals surface area (Å²) in [4.78, 5) is 15.1. The first kappa shape index (κ1) is 18.2. The van der Waals surface area contributed by atoms with Crippen LogP contribution in [0.3, 0.4) is 0 Å². The summed E-state index contributed by atoms with van der Waals surface area (Å²) in [5.74, 6) is 0.422. The Labute approximate surface area is 146 Å². The first-order valence-corrected chi connectivity index (χ1v) is 8.62. The van der Waals surface area contributed by atoms with Crippen LogP contribution in [0.25, 0.3) is 0 Å². The third-order valence-corrected chi connectivity index (χ3v) is 4.34. The molecule has 2 aromatic rings. The van der Waals surface area contributed by atoms with Crippen molar-refractivity contribution in [2.45, 2.75) is 11.4 Å². The molecule has 0 atom stereocenters. The number of hydrogen-bond acceptors (Lipinski definition) is 3. The average Bonchev–Trinajstić information content (AvgIpc) is 2.53. The summed E-state index contributed by atoms with van der Waals surface area (Å²) in [6, 6.07) is 14.1. The number of anilines is 1. The lowest BCUT2D eigenvalue weighted by Gasteiger charge is -2.17. The average molecular weight is 344 g/mol. The molecular formula is C19H21FN2OS. The van der Waals surface area contributed by atoms with Crippen molar-refractivity contribution in [3.8, 4) is 0 Å². The summed E-state index contributed by atoms with van der Waals surface area (Å²) < 4.78 is 13.2. The van der Waals surface area contributed by atoms with Gasteiger partial charge in [-0.1, -0.05) is 30.3 Å². The van der Waals surface area contributed by atoms with E-state index in [1.54, 1.807) is 17.8 Å². The van der Waals surface area contributed by atoms with Gasteiger partial charge in [0.05, 0.1) is 12.2 Å². The summed E-state index contributed by atoms with van der Waals surface area (Å²) in [6.45, 7) is 4.46. The van der Waals surface area contributed by atoms with E-state index in [-0.39, 0.29) is 18.3 Å². The number of carbonyl (C=O) groups excluding carboxylic acids is 1. The minimum atomic E-state index is -0.265. The molecule has 0 bridgehead atoms. The first-order valence-electron chi connectivity index (χ1n) is 7.64. The Morgan fingerprint density at radius 1 is 1.29 bits per heavy atom. The number of halogens is 1. The molecule has 3 nitrogen and oxygen atoms in total. The van der Waals surface area contributed by atoms with E-state index in [0.29, 0.717) is 6.54 Å². The summed E-state index contributed by atoms with van der Waals surface area (Å²) in [5.41, 5.74) is 1.64. The Bertz CT molecular complexity index is 705. The summed E-state index contributed by atoms with van der Waals surface area (Å²) in [6.07, 6.45) is 1.83. The van der Waals surface area contributed by atoms with Crippen LogP contribution in [-0.2, 0) is 11.3 Å². The maximum Gasteiger partial charge on any atom is 0.238 e. The van der Waals surface area contributed by atoms with Gasteiger partial charge in [0.1, 0.15) is 5.82 Å². The van der Waals surface area contributed by atoms with Crippen LogP contribution in [0, 0.1) is 5.82 Å². The van der Waals surface area contributed by atoms with E-state index in [2.05, 4.69) is 11.9 Å². The Hall–Kier alpha value is -2.11. The van der Waals surface area contributed by atoms with Crippen LogP contribution in [0.4, 0.5) is 10.1 Å². The monoisotopic (exact) mass is 344 g/mol. The molecule has 0 spiro atoms. The van der Waals surface area contributed by atoms with Gasteiger partial charge in [0, 0.05) is 17.2 Å². The zero-order chi connectivity index (χ0) is 17.4. The van der Waals surface area contributed by atoms with Gasteiger partial charge in [-0.15, -0.1) is 18.3 Å². The standard InChI is InChI=1S/C19H21FN2OS/c1-3-11-24-18-10-5-4-9-17(18)21-19(23)14-22(2)13-15-7-6-8-16(20)12-15/h3-10,12H,1,11,13-14H2,2H3,(H,21,23). The molecule has 24 heavy (non-hydrogen) atoms. The highest BCUT2D eigenvalue weighted by Gasteiger charge is 2.10. The molecule has 2 aromatic carbocycles. The van der Waals surface area contributed by atoms with E-state index < -0.39 is 0 Å². The molecule has 0 saturated carbocycles. The fourth-order valence-corrected chi connectivity index (χ4v) is 3.03. The van der Waals surface area contributed by atoms with Gasteiger partial charge in [0.2, 0.25) is 5.91 Å². The van der Waals surface area contributed by atoms with E-state index in [1.807, 2.05) is 48.4 Å². The highest BCUT2D eigenvalue weighted by atomic mass is 32.2. The fourth-order valence-electron chi connectivity index (χ4n) is 2.28. The molecule has 1 N–H and O–H groups in total. The lowest BCUT2D eigenvalue weighted by molar-refractivity contribution is -0.117. The molecule has 2 rings (SSSR count). The number of carbonyl (C=O) groups is 1. The Morgan fingerprint density at radius 3 is 2.83 bits per heavy atom. The SMILES string of the molecule is C=CCSc1ccccc1NC(=O)CN(C)Cc1cccc(F)c1. The summed E-state index contributed by atoms with van der Waals surface area (Å²) in [5, 5.41) is 2.94. The number of hydrogen-bond donors (Lipinski definition) is 1. The third-order valence-electron chi connectivity index (χ3n) is 3.27. The minimum absolute atomic E-state index is 0.0967. The Morgan fingerprint density at radius 2 is 2.08 bits per heavy atom. The van der Waals surface area contributed by atoms with Crippen LogP contribution in [0.5, 0.6) is 0 Å². The maximum atomic E-state index is 13.2. The van der Waals surface area contributed by atoms with Crippen LogP contribution in [-0.4, -0.2) is 30.2 Å². The van der Waals surface area contributed by atoms with Crippen LogP contribution < -0.4 is 5.32 Å². The molecule has 0 saturated heterocycles. The third kappa shape index (κ3) is 5.83. The van der Waals surface area contributed by atoms with Gasteiger partial charge in [-0.05, 0) is 36.9 Å². The molecule has 0 heterocycles. The predicted octanol–water partition coefficient (Wildman–Crippen LogP) is 4.17. The number of likely N-dealkylation sites (N-methyl/N-ethyl adjacent to an activating group) is 1. The van der Waals surface area contributed by atoms with Gasteiger partial charge in [0.15, 0.2) is 0 Å². The van der Waals surface area contributed by atoms with Gasteiger partial charge in [-0.25, -0.2) is 4.39 Å². The fraction of sp³-hybridized carbons (Fsp3) is 0.211. The number of para-hydroxylation sites is 1. The van der Waals surface area contributed by atoms with E-state index in [1.165, 1.54) is 12.1 Å². The normalized spacial score (nSPS) is 10.6. The molecular weight excluding hydrogens is 323 g/mol. The lowest BCUT2D eigenvalue weighted by atomic mass is 10.2. The van der Waals surface area contributed by atoms with Crippen LogP contribution in [0.1, 0.15) is 5.56 Å². The highest BCUT2D eigenvalue weighted by Crippen LogP contribution is 2.26. The molecule has 1 amide bonds. The molecule has 0 fully saturated rings. The van der Waals surface area contributed by atoms with Crippen molar-refractivity contribution in [3.05, 3.63) is 72.6 Å². The Balaban J connectivity index is 1.92. The van der Waals surface area contributed by atoms with Crippen molar-refractivity contribution in [1.29, 1.82) is 0 Å². The molecule has 0 aliphatic carbocycles. The second kappa shape index (κ2) is 9.25. The number of benzene rings is 2. The minimum Gasteiger partial charge on any atom is -0.324 e. The quantitative estimate of drug-likeness (QED) is 0.576. The largest absolute Gasteiger partial charge is 0.324 e. The predicted molar refractivity (Wildman–Crippen MR) is 98.7 cm³/mol. The van der Waals surface area contributed by atoms with E-state index in [9.17, 15) is 9.18 Å². The molecule has 0 unspecified atom stereocenters. The van der Waals surface area contributed by atoms with Gasteiger partial charge in [-0.2, -0.15) is 0 Å². The molecule has 0 aliphatic rings. The molecule has 126 valence electrons. The van der Waals surface area contributed by atoms with Crippen molar-refractivity contribution >= 4 is 23.4 Å². The summed E-state index contributed by atoms with van der Waals surface area (Å²) >= 11 is 1.62. The second-order valence-electron chi connectivity index (χ2n) is 5.45. The van der Waals surface area contributed by atoms with Crippen molar-refractivity contribution in [2.24, 2.45) is 0 Å². The lowest BCUT2D eigenvalue weighted by Crippen LogP contribution is -2.30. The summed E-state index contributed by atoms with van der Waals surface area (Å²) in [7, 11) is 1.84. The Kier molecular flexibility index (Phi) is 7.03. The van der Waals surface area contributed by atoms with E-state index in [4.69, 9.17) is 0 Å². The zero-order valence-corrected chi connectivity index (χ0v) is 14.5. The second-order valence-corrected chi connectivity index (χ2v) is 6.51. The van der Waals surface area contributed by atoms with Crippen molar-refractivity contribution < 1.29 is 9.18 Å². The smallest absolute Gasteiger partial charge is 0.238 e. The van der Waals surface area contributed by atoms with Gasteiger partial charge >= 0.3 is 0 Å². The van der Waals surface area contributed by atoms with Crippen LogP contribution in [0.2, 0.25) is 0 Å². The van der Waals surface area contributed by atoms with Crippen molar-refractivity contribution in [3.63, 3.8) is 0 Å². The maximum absolute atomic E-state index is 13.2. The highest BCUT2D eigenvalue weighted by molar-refractivity contribution is 7.99. The number of nitrogens with one attached hydrogen (secondary N) is 1. The van der Waals surface area contributed by atoms with Crippen molar-refractivity contribution in [2.75, 3.05) is 24.7 Å². The molecule has 0 radical (unpaired) electrons. The zero-order valence-electron chi connectivity index (χ0n) is 13.7. The van der Waals surface area contributed by atoms with Gasteiger partial charge in [-0.3, -0.25) is 9.69 Å². The number of rotatable bonds is 8. The van der Waals surface area contributed by atoms with Crippen molar-refractivity contribution in [1.82, 2.24) is 4.90 Å². The molecule has 5 heteroatoms. The number of amides is 1. The molecule has 0 aromatic heterocycles. The van der Waals surface area contributed by atoms with Gasteiger partial charge in [0.25, 0.3) is 0 Å². The van der Waals surface area contributed by atoms with E-state index in [0.717, 1.165) is 21.9 Å². The number of nitrogens with zero attached hydrogens (tertiary/aromatic N) is 1. The van der Waals surface area contributed by atoms with Crippen LogP contribution >= 0.6 is 11.8 Å². The van der Waals surface area contributed by atoms with Crippen LogP contribution in [0.15, 0.2) is 66.1 Å². The topological polar surface area (TPSA) is 32.3 Å². The van der Waals surface area contributed by atoms with Gasteiger partial charge < -0.3 is 5.32 Å². The number of thioether (sulfide) groups is 1. The first-order chi connectivity index (χ1) is 11.6. The molecule has 0 aliphatic heterocycles.